The Hall–Kier alpha value is -1.88. The van der Waals surface area contributed by atoms with Gasteiger partial charge in [0.1, 0.15) is 0 Å². The molecule has 4 aliphatic rings. The number of rotatable bonds is 7. The normalized spacial score (nSPS) is 32.1. The highest BCUT2D eigenvalue weighted by molar-refractivity contribution is 5.85. The number of nitrogens with one attached hydrogen (secondary N) is 2. The van der Waals surface area contributed by atoms with Crippen LogP contribution in [0.2, 0.25) is 0 Å². The molecule has 1 aromatic carbocycles. The van der Waals surface area contributed by atoms with E-state index in [1.807, 2.05) is 30.3 Å². The Balaban J connectivity index is 1.20. The van der Waals surface area contributed by atoms with Gasteiger partial charge in [0.2, 0.25) is 11.8 Å². The molecule has 5 nitrogen and oxygen atoms in total. The number of amides is 2. The van der Waals surface area contributed by atoms with Crippen LogP contribution in [0.5, 0.6) is 0 Å². The predicted octanol–water partition coefficient (Wildman–Crippen LogP) is 2.56. The van der Waals surface area contributed by atoms with Crippen LogP contribution in [0.25, 0.3) is 0 Å². The number of aliphatic hydroxyl groups is 1. The van der Waals surface area contributed by atoms with Crippen molar-refractivity contribution in [2.24, 2.45) is 23.2 Å². The first-order valence-electron chi connectivity index (χ1n) is 10.3. The Morgan fingerprint density at radius 2 is 1.56 bits per heavy atom. The molecule has 5 heteroatoms. The zero-order valence-corrected chi connectivity index (χ0v) is 15.8. The molecule has 4 fully saturated rings. The molecule has 0 aliphatic heterocycles. The summed E-state index contributed by atoms with van der Waals surface area (Å²) in [6.45, 7) is 0.125. The molecule has 1 aromatic rings. The van der Waals surface area contributed by atoms with E-state index in [0.29, 0.717) is 6.42 Å². The molecule has 1 atom stereocenters. The topological polar surface area (TPSA) is 78.4 Å². The summed E-state index contributed by atoms with van der Waals surface area (Å²) in [4.78, 5) is 24.5. The van der Waals surface area contributed by atoms with Crippen LogP contribution in [0.3, 0.4) is 0 Å². The van der Waals surface area contributed by atoms with Crippen LogP contribution >= 0.6 is 0 Å². The number of benzene rings is 1. The molecule has 0 spiro atoms. The summed E-state index contributed by atoms with van der Waals surface area (Å²) in [7, 11) is 0. The van der Waals surface area contributed by atoms with E-state index < -0.39 is 6.10 Å². The third-order valence-electron chi connectivity index (χ3n) is 6.82. The van der Waals surface area contributed by atoms with Crippen molar-refractivity contribution < 1.29 is 14.7 Å². The van der Waals surface area contributed by atoms with Crippen LogP contribution in [0.1, 0.15) is 56.6 Å². The fourth-order valence-corrected chi connectivity index (χ4v) is 6.15. The molecule has 4 saturated carbocycles. The number of carbonyl (C=O) groups excluding carboxylic acids is 2. The standard InChI is InChI=1S/C22H30N2O3/c25-19(18-4-2-1-3-5-18)13-23-21(27)14-24-20(26)12-22-9-15-6-16(10-22)8-17(7-15)11-22/h1-5,15-17,19,25H,6-14H2,(H,23,27)(H,24,26). The second kappa shape index (κ2) is 7.63. The summed E-state index contributed by atoms with van der Waals surface area (Å²) in [6.07, 6.45) is 7.52. The first kappa shape index (κ1) is 18.5. The van der Waals surface area contributed by atoms with Crippen LogP contribution < -0.4 is 10.6 Å². The molecule has 27 heavy (non-hydrogen) atoms. The summed E-state index contributed by atoms with van der Waals surface area (Å²) in [5.74, 6) is 2.21. The van der Waals surface area contributed by atoms with Crippen molar-refractivity contribution in [2.75, 3.05) is 13.1 Å². The van der Waals surface area contributed by atoms with Crippen molar-refractivity contribution in [3.05, 3.63) is 35.9 Å². The monoisotopic (exact) mass is 370 g/mol. The van der Waals surface area contributed by atoms with E-state index in [-0.39, 0.29) is 30.3 Å². The molecule has 5 rings (SSSR count). The SMILES string of the molecule is O=C(CNC(=O)CC12CC3CC(CC(C3)C1)C2)NCC(O)c1ccccc1. The highest BCUT2D eigenvalue weighted by Gasteiger charge is 2.51. The zero-order chi connectivity index (χ0) is 18.9. The minimum Gasteiger partial charge on any atom is -0.387 e. The van der Waals surface area contributed by atoms with Crippen molar-refractivity contribution in [1.29, 1.82) is 0 Å². The molecule has 4 aliphatic carbocycles. The number of carbonyl (C=O) groups is 2. The van der Waals surface area contributed by atoms with E-state index in [2.05, 4.69) is 10.6 Å². The van der Waals surface area contributed by atoms with Gasteiger partial charge in [0.15, 0.2) is 0 Å². The maximum absolute atomic E-state index is 12.5. The van der Waals surface area contributed by atoms with Gasteiger partial charge >= 0.3 is 0 Å². The van der Waals surface area contributed by atoms with Crippen LogP contribution in [0.15, 0.2) is 30.3 Å². The van der Waals surface area contributed by atoms with Crippen LogP contribution in [0, 0.1) is 23.2 Å². The minimum atomic E-state index is -0.738. The van der Waals surface area contributed by atoms with Crippen molar-refractivity contribution in [3.8, 4) is 0 Å². The van der Waals surface area contributed by atoms with Gasteiger partial charge in [-0.1, -0.05) is 30.3 Å². The van der Waals surface area contributed by atoms with Gasteiger partial charge in [0.05, 0.1) is 12.6 Å². The second-order valence-electron chi connectivity index (χ2n) is 9.10. The van der Waals surface area contributed by atoms with Gasteiger partial charge in [-0.25, -0.2) is 0 Å². The molecule has 0 aromatic heterocycles. The van der Waals surface area contributed by atoms with E-state index in [1.165, 1.54) is 38.5 Å². The first-order chi connectivity index (χ1) is 13.0. The smallest absolute Gasteiger partial charge is 0.239 e. The molecule has 146 valence electrons. The molecule has 0 radical (unpaired) electrons. The van der Waals surface area contributed by atoms with Gasteiger partial charge in [-0.3, -0.25) is 9.59 Å². The molecule has 2 amide bonds. The summed E-state index contributed by atoms with van der Waals surface area (Å²) in [5.41, 5.74) is 0.961. The molecule has 0 saturated heterocycles. The Bertz CT molecular complexity index is 653. The lowest BCUT2D eigenvalue weighted by molar-refractivity contribution is -0.132. The molecular weight excluding hydrogens is 340 g/mol. The maximum Gasteiger partial charge on any atom is 0.239 e. The second-order valence-corrected chi connectivity index (χ2v) is 9.10. The van der Waals surface area contributed by atoms with Crippen LogP contribution in [0.4, 0.5) is 0 Å². The van der Waals surface area contributed by atoms with E-state index >= 15 is 0 Å². The third-order valence-corrected chi connectivity index (χ3v) is 6.82. The average molecular weight is 370 g/mol. The summed E-state index contributed by atoms with van der Waals surface area (Å²) in [5, 5.41) is 15.6. The van der Waals surface area contributed by atoms with Gasteiger partial charge in [-0.15, -0.1) is 0 Å². The van der Waals surface area contributed by atoms with Gasteiger partial charge in [-0.05, 0) is 67.3 Å². The Kier molecular flexibility index (Phi) is 5.22. The fourth-order valence-electron chi connectivity index (χ4n) is 6.15. The lowest BCUT2D eigenvalue weighted by Crippen LogP contribution is -2.48. The highest BCUT2D eigenvalue weighted by atomic mass is 16.3. The molecule has 1 unspecified atom stereocenters. The number of hydrogen-bond donors (Lipinski definition) is 3. The van der Waals surface area contributed by atoms with Crippen LogP contribution in [-0.2, 0) is 9.59 Å². The third kappa shape index (κ3) is 4.34. The quantitative estimate of drug-likeness (QED) is 0.690. The Morgan fingerprint density at radius 3 is 2.15 bits per heavy atom. The van der Waals surface area contributed by atoms with E-state index in [9.17, 15) is 14.7 Å². The van der Waals surface area contributed by atoms with Crippen molar-refractivity contribution >= 4 is 11.8 Å². The van der Waals surface area contributed by atoms with Gasteiger partial charge in [-0.2, -0.15) is 0 Å². The summed E-state index contributed by atoms with van der Waals surface area (Å²) in [6, 6.07) is 9.23. The summed E-state index contributed by atoms with van der Waals surface area (Å²) >= 11 is 0. The number of hydrogen-bond acceptors (Lipinski definition) is 3. The van der Waals surface area contributed by atoms with E-state index in [4.69, 9.17) is 0 Å². The average Bonchev–Trinajstić information content (AvgIpc) is 2.63. The Morgan fingerprint density at radius 1 is 0.963 bits per heavy atom. The predicted molar refractivity (Wildman–Crippen MR) is 103 cm³/mol. The fraction of sp³-hybridized carbons (Fsp3) is 0.636. The van der Waals surface area contributed by atoms with E-state index in [0.717, 1.165) is 23.3 Å². The lowest BCUT2D eigenvalue weighted by Gasteiger charge is -2.56. The lowest BCUT2D eigenvalue weighted by atomic mass is 9.49. The minimum absolute atomic E-state index is 0.00397. The number of aliphatic hydroxyl groups excluding tert-OH is 1. The molecule has 4 bridgehead atoms. The molecule has 3 N–H and O–H groups in total. The van der Waals surface area contributed by atoms with Crippen molar-refractivity contribution in [1.82, 2.24) is 10.6 Å². The maximum atomic E-state index is 12.5. The Labute approximate surface area is 160 Å². The van der Waals surface area contributed by atoms with Crippen LogP contribution in [-0.4, -0.2) is 30.0 Å². The van der Waals surface area contributed by atoms with Crippen molar-refractivity contribution in [2.45, 2.75) is 51.0 Å². The van der Waals surface area contributed by atoms with Crippen molar-refractivity contribution in [3.63, 3.8) is 0 Å². The highest BCUT2D eigenvalue weighted by Crippen LogP contribution is 2.61. The van der Waals surface area contributed by atoms with Gasteiger partial charge in [0.25, 0.3) is 0 Å². The molecular formula is C22H30N2O3. The van der Waals surface area contributed by atoms with Gasteiger partial charge in [0, 0.05) is 13.0 Å². The first-order valence-corrected chi connectivity index (χ1v) is 10.3. The van der Waals surface area contributed by atoms with Gasteiger partial charge < -0.3 is 15.7 Å². The summed E-state index contributed by atoms with van der Waals surface area (Å²) < 4.78 is 0. The zero-order valence-electron chi connectivity index (χ0n) is 15.8. The largest absolute Gasteiger partial charge is 0.387 e. The van der Waals surface area contributed by atoms with E-state index in [1.54, 1.807) is 0 Å². The molecule has 0 heterocycles.